The minimum absolute atomic E-state index is 0.000735. The molecule has 118 valence electrons. The molecule has 0 heterocycles. The van der Waals surface area contributed by atoms with Crippen LogP contribution < -0.4 is 14.8 Å². The van der Waals surface area contributed by atoms with E-state index in [0.29, 0.717) is 11.5 Å². The van der Waals surface area contributed by atoms with E-state index in [1.54, 1.807) is 19.2 Å². The van der Waals surface area contributed by atoms with Crippen LogP contribution in [0.4, 0.5) is 0 Å². The second-order valence-corrected chi connectivity index (χ2v) is 7.14. The van der Waals surface area contributed by atoms with Crippen molar-refractivity contribution in [3.8, 4) is 11.5 Å². The van der Waals surface area contributed by atoms with Gasteiger partial charge < -0.3 is 14.8 Å². The maximum Gasteiger partial charge on any atom is 0.258 e. The van der Waals surface area contributed by atoms with E-state index in [1.807, 2.05) is 26.0 Å². The Balaban J connectivity index is 2.50. The van der Waals surface area contributed by atoms with Crippen molar-refractivity contribution >= 4 is 5.91 Å². The van der Waals surface area contributed by atoms with Gasteiger partial charge in [0.1, 0.15) is 11.5 Å². The number of nitrogens with one attached hydrogen (secondary N) is 1. The summed E-state index contributed by atoms with van der Waals surface area (Å²) in [5.74, 6) is 1.21. The van der Waals surface area contributed by atoms with Gasteiger partial charge in [0.2, 0.25) is 0 Å². The molecular weight excluding hydrogens is 266 g/mol. The van der Waals surface area contributed by atoms with E-state index < -0.39 is 0 Å². The molecule has 0 spiro atoms. The summed E-state index contributed by atoms with van der Waals surface area (Å²) in [6.45, 7) is 10.5. The van der Waals surface area contributed by atoms with Gasteiger partial charge in [-0.15, -0.1) is 0 Å². The molecule has 0 aromatic heterocycles. The summed E-state index contributed by atoms with van der Waals surface area (Å²) in [5, 5.41) is 3.02. The zero-order valence-corrected chi connectivity index (χ0v) is 13.9. The van der Waals surface area contributed by atoms with E-state index in [9.17, 15) is 4.79 Å². The first kappa shape index (κ1) is 17.3. The lowest BCUT2D eigenvalue weighted by Gasteiger charge is -2.33. The van der Waals surface area contributed by atoms with Crippen LogP contribution in [0.1, 0.15) is 41.0 Å². The first-order valence-corrected chi connectivity index (χ1v) is 7.19. The Morgan fingerprint density at radius 2 is 1.76 bits per heavy atom. The molecule has 0 radical (unpaired) electrons. The van der Waals surface area contributed by atoms with E-state index >= 15 is 0 Å². The van der Waals surface area contributed by atoms with Gasteiger partial charge >= 0.3 is 0 Å². The number of hydrogen-bond acceptors (Lipinski definition) is 3. The molecule has 4 nitrogen and oxygen atoms in total. The van der Waals surface area contributed by atoms with Gasteiger partial charge in [-0.2, -0.15) is 0 Å². The minimum Gasteiger partial charge on any atom is -0.497 e. The Bertz CT molecular complexity index is 475. The number of carbonyl (C=O) groups is 1. The smallest absolute Gasteiger partial charge is 0.258 e. The fraction of sp³-hybridized carbons (Fsp3) is 0.588. The van der Waals surface area contributed by atoms with Gasteiger partial charge in [0.25, 0.3) is 5.91 Å². The highest BCUT2D eigenvalue weighted by Crippen LogP contribution is 2.26. The minimum atomic E-state index is -0.257. The molecule has 0 aliphatic carbocycles. The third kappa shape index (κ3) is 7.02. The quantitative estimate of drug-likeness (QED) is 0.874. The molecular formula is C17H27NO3. The average Bonchev–Trinajstić information content (AvgIpc) is 2.33. The first-order valence-electron chi connectivity index (χ1n) is 7.19. The van der Waals surface area contributed by atoms with E-state index in [-0.39, 0.29) is 23.5 Å². The Kier molecular flexibility index (Phi) is 5.64. The Morgan fingerprint density at radius 3 is 2.33 bits per heavy atom. The summed E-state index contributed by atoms with van der Waals surface area (Å²) in [7, 11) is 1.60. The zero-order chi connectivity index (χ0) is 16.1. The monoisotopic (exact) mass is 293 g/mol. The van der Waals surface area contributed by atoms with Crippen LogP contribution in [-0.2, 0) is 4.79 Å². The number of amides is 1. The summed E-state index contributed by atoms with van der Waals surface area (Å²) in [6, 6.07) is 7.22. The highest BCUT2D eigenvalue weighted by atomic mass is 16.5. The summed E-state index contributed by atoms with van der Waals surface area (Å²) in [5.41, 5.74) is -0.0997. The standard InChI is InChI=1S/C17H27NO3/c1-16(2,3)12-17(4,5)18-15(19)11-21-14-9-7-8-13(10-14)20-6/h7-10H,11-12H2,1-6H3,(H,18,19). The van der Waals surface area contributed by atoms with Gasteiger partial charge in [-0.1, -0.05) is 26.8 Å². The Morgan fingerprint density at radius 1 is 1.14 bits per heavy atom. The lowest BCUT2D eigenvalue weighted by atomic mass is 9.82. The molecule has 0 aliphatic heterocycles. The molecule has 1 aromatic carbocycles. The van der Waals surface area contributed by atoms with Crippen LogP contribution in [0.15, 0.2) is 24.3 Å². The van der Waals surface area contributed by atoms with Gasteiger partial charge in [0.15, 0.2) is 6.61 Å². The number of carbonyl (C=O) groups excluding carboxylic acids is 1. The van der Waals surface area contributed by atoms with Crippen molar-refractivity contribution in [1.82, 2.24) is 5.32 Å². The predicted octanol–water partition coefficient (Wildman–Crippen LogP) is 3.41. The molecule has 4 heteroatoms. The van der Waals surface area contributed by atoms with Crippen LogP contribution >= 0.6 is 0 Å². The Labute approximate surface area is 127 Å². The summed E-state index contributed by atoms with van der Waals surface area (Å²) < 4.78 is 10.6. The SMILES string of the molecule is COc1cccc(OCC(=O)NC(C)(C)CC(C)(C)C)c1. The van der Waals surface area contributed by atoms with Crippen LogP contribution in [0.2, 0.25) is 0 Å². The van der Waals surface area contributed by atoms with Crippen LogP contribution in [0.25, 0.3) is 0 Å². The van der Waals surface area contributed by atoms with Crippen molar-refractivity contribution in [2.75, 3.05) is 13.7 Å². The average molecular weight is 293 g/mol. The van der Waals surface area contributed by atoms with E-state index in [0.717, 1.165) is 6.42 Å². The van der Waals surface area contributed by atoms with Gasteiger partial charge in [0.05, 0.1) is 7.11 Å². The molecule has 0 bridgehead atoms. The van der Waals surface area contributed by atoms with E-state index in [1.165, 1.54) is 0 Å². The second kappa shape index (κ2) is 6.83. The number of benzene rings is 1. The van der Waals surface area contributed by atoms with Gasteiger partial charge in [-0.05, 0) is 37.8 Å². The molecule has 1 N–H and O–H groups in total. The van der Waals surface area contributed by atoms with Crippen LogP contribution in [0.5, 0.6) is 11.5 Å². The van der Waals surface area contributed by atoms with Gasteiger partial charge in [0, 0.05) is 11.6 Å². The molecule has 1 aromatic rings. The van der Waals surface area contributed by atoms with Crippen LogP contribution in [0.3, 0.4) is 0 Å². The number of rotatable bonds is 6. The van der Waals surface area contributed by atoms with Crippen molar-refractivity contribution in [1.29, 1.82) is 0 Å². The normalized spacial score (nSPS) is 11.9. The van der Waals surface area contributed by atoms with Crippen LogP contribution in [-0.4, -0.2) is 25.2 Å². The maximum absolute atomic E-state index is 12.0. The largest absolute Gasteiger partial charge is 0.497 e. The molecule has 0 fully saturated rings. The highest BCUT2D eigenvalue weighted by molar-refractivity contribution is 5.78. The molecule has 0 saturated carbocycles. The Hall–Kier alpha value is -1.71. The number of methoxy groups -OCH3 is 1. The van der Waals surface area contributed by atoms with Crippen molar-refractivity contribution in [3.63, 3.8) is 0 Å². The fourth-order valence-electron chi connectivity index (χ4n) is 2.62. The molecule has 1 amide bonds. The first-order chi connectivity index (χ1) is 9.61. The fourth-order valence-corrected chi connectivity index (χ4v) is 2.62. The molecule has 0 unspecified atom stereocenters. The van der Waals surface area contributed by atoms with E-state index in [4.69, 9.17) is 9.47 Å². The second-order valence-electron chi connectivity index (χ2n) is 7.14. The molecule has 21 heavy (non-hydrogen) atoms. The lowest BCUT2D eigenvalue weighted by molar-refractivity contribution is -0.125. The predicted molar refractivity (Wildman–Crippen MR) is 84.8 cm³/mol. The third-order valence-electron chi connectivity index (χ3n) is 2.86. The van der Waals surface area contributed by atoms with Crippen molar-refractivity contribution < 1.29 is 14.3 Å². The zero-order valence-electron chi connectivity index (χ0n) is 13.9. The summed E-state index contributed by atoms with van der Waals surface area (Å²) in [4.78, 5) is 12.0. The van der Waals surface area contributed by atoms with Gasteiger partial charge in [-0.3, -0.25) is 4.79 Å². The van der Waals surface area contributed by atoms with E-state index in [2.05, 4.69) is 26.1 Å². The lowest BCUT2D eigenvalue weighted by Crippen LogP contribution is -2.47. The van der Waals surface area contributed by atoms with Crippen molar-refractivity contribution in [2.24, 2.45) is 5.41 Å². The highest BCUT2D eigenvalue weighted by Gasteiger charge is 2.26. The number of hydrogen-bond donors (Lipinski definition) is 1. The summed E-state index contributed by atoms with van der Waals surface area (Å²) in [6.07, 6.45) is 0.894. The molecule has 0 saturated heterocycles. The summed E-state index contributed by atoms with van der Waals surface area (Å²) >= 11 is 0. The third-order valence-corrected chi connectivity index (χ3v) is 2.86. The topological polar surface area (TPSA) is 47.6 Å². The van der Waals surface area contributed by atoms with Crippen molar-refractivity contribution in [2.45, 2.75) is 46.6 Å². The molecule has 1 rings (SSSR count). The molecule has 0 atom stereocenters. The van der Waals surface area contributed by atoms with Crippen molar-refractivity contribution in [3.05, 3.63) is 24.3 Å². The number of ether oxygens (including phenoxy) is 2. The van der Waals surface area contributed by atoms with Crippen LogP contribution in [0, 0.1) is 5.41 Å². The molecule has 0 aliphatic rings. The maximum atomic E-state index is 12.0. The van der Waals surface area contributed by atoms with Gasteiger partial charge in [-0.25, -0.2) is 0 Å².